The van der Waals surface area contributed by atoms with Crippen molar-refractivity contribution in [1.82, 2.24) is 0 Å². The maximum Gasteiger partial charge on any atom is 0.186 e. The SMILES string of the molecule is C=C1CC[C@@]2(C)[C@H](C(C)(C)O)CC[C@]2(C)[C@@H](O)/C=C(\CO)CC[C@H]1COC1O[C@H](CO)[C@@H](O)[C@H](O)[C@H]1O. The number of aliphatic hydroxyl groups is 7. The maximum absolute atomic E-state index is 11.4. The van der Waals surface area contributed by atoms with E-state index in [1.165, 1.54) is 0 Å². The molecule has 0 radical (unpaired) electrons. The van der Waals surface area contributed by atoms with E-state index in [1.807, 2.05) is 13.8 Å². The highest BCUT2D eigenvalue weighted by atomic mass is 16.7. The van der Waals surface area contributed by atoms with Gasteiger partial charge in [0.2, 0.25) is 0 Å². The first-order chi connectivity index (χ1) is 17.2. The molecule has 2 fully saturated rings. The highest BCUT2D eigenvalue weighted by Crippen LogP contribution is 2.63. The van der Waals surface area contributed by atoms with Crippen LogP contribution in [0, 0.1) is 22.7 Å². The Bertz CT molecular complexity index is 821. The van der Waals surface area contributed by atoms with Gasteiger partial charge in [-0.1, -0.05) is 32.1 Å². The van der Waals surface area contributed by atoms with E-state index in [0.717, 1.165) is 24.0 Å². The highest BCUT2D eigenvalue weighted by molar-refractivity contribution is 5.19. The molecule has 0 amide bonds. The van der Waals surface area contributed by atoms with E-state index in [4.69, 9.17) is 9.47 Å². The van der Waals surface area contributed by atoms with E-state index in [9.17, 15) is 35.7 Å². The van der Waals surface area contributed by atoms with Crippen molar-refractivity contribution in [3.05, 3.63) is 23.8 Å². The van der Waals surface area contributed by atoms with E-state index in [-0.39, 0.29) is 25.0 Å². The highest BCUT2D eigenvalue weighted by Gasteiger charge is 2.60. The van der Waals surface area contributed by atoms with Crippen molar-refractivity contribution in [2.45, 2.75) is 109 Å². The lowest BCUT2D eigenvalue weighted by Crippen LogP contribution is -2.59. The van der Waals surface area contributed by atoms with E-state index in [2.05, 4.69) is 20.4 Å². The summed E-state index contributed by atoms with van der Waals surface area (Å²) in [4.78, 5) is 0. The van der Waals surface area contributed by atoms with Crippen LogP contribution in [0.2, 0.25) is 0 Å². The van der Waals surface area contributed by atoms with Crippen molar-refractivity contribution in [2.75, 3.05) is 19.8 Å². The zero-order valence-corrected chi connectivity index (χ0v) is 22.7. The topological polar surface area (TPSA) is 160 Å². The molecule has 0 aromatic heterocycles. The number of ether oxygens (including phenoxy) is 2. The molecule has 0 spiro atoms. The summed E-state index contributed by atoms with van der Waals surface area (Å²) in [6.45, 7) is 11.6. The lowest BCUT2D eigenvalue weighted by molar-refractivity contribution is -0.302. The quantitative estimate of drug-likeness (QED) is 0.250. The van der Waals surface area contributed by atoms with Crippen LogP contribution in [0.1, 0.15) is 66.2 Å². The number of aliphatic hydroxyl groups excluding tert-OH is 6. The normalized spacial score (nSPS) is 45.6. The van der Waals surface area contributed by atoms with Crippen LogP contribution < -0.4 is 0 Å². The van der Waals surface area contributed by atoms with Gasteiger partial charge in [0.15, 0.2) is 6.29 Å². The van der Waals surface area contributed by atoms with Gasteiger partial charge in [0, 0.05) is 11.3 Å². The maximum atomic E-state index is 11.4. The Labute approximate surface area is 220 Å². The molecule has 214 valence electrons. The smallest absolute Gasteiger partial charge is 0.186 e. The van der Waals surface area contributed by atoms with Crippen molar-refractivity contribution in [3.8, 4) is 0 Å². The lowest BCUT2D eigenvalue weighted by atomic mass is 9.56. The predicted molar refractivity (Wildman–Crippen MR) is 137 cm³/mol. The lowest BCUT2D eigenvalue weighted by Gasteiger charge is -2.50. The molecule has 7 N–H and O–H groups in total. The van der Waals surface area contributed by atoms with Crippen molar-refractivity contribution in [3.63, 3.8) is 0 Å². The van der Waals surface area contributed by atoms with Gasteiger partial charge in [-0.25, -0.2) is 0 Å². The number of hydrogen-bond acceptors (Lipinski definition) is 9. The number of hydrogen-bond donors (Lipinski definition) is 7. The molecule has 0 bridgehead atoms. The van der Waals surface area contributed by atoms with Crippen molar-refractivity contribution < 1.29 is 45.2 Å². The molecule has 0 aromatic carbocycles. The van der Waals surface area contributed by atoms with Crippen LogP contribution in [0.5, 0.6) is 0 Å². The Hall–Kier alpha value is -0.880. The Morgan fingerprint density at radius 1 is 1.00 bits per heavy atom. The second kappa shape index (κ2) is 11.7. The summed E-state index contributed by atoms with van der Waals surface area (Å²) in [6.07, 6.45) is -1.77. The zero-order valence-electron chi connectivity index (χ0n) is 22.7. The summed E-state index contributed by atoms with van der Waals surface area (Å²) in [7, 11) is 0. The van der Waals surface area contributed by atoms with Gasteiger partial charge in [-0.2, -0.15) is 0 Å². The summed E-state index contributed by atoms with van der Waals surface area (Å²) in [6, 6.07) is 0. The molecule has 1 saturated carbocycles. The average molecular weight is 529 g/mol. The van der Waals surface area contributed by atoms with Gasteiger partial charge in [-0.15, -0.1) is 0 Å². The molecule has 3 rings (SSSR count). The number of fused-ring (bicyclic) bond motifs is 1. The molecule has 37 heavy (non-hydrogen) atoms. The Balaban J connectivity index is 1.84. The van der Waals surface area contributed by atoms with E-state index in [1.54, 1.807) is 6.08 Å². The first kappa shape index (κ1) is 30.7. The van der Waals surface area contributed by atoms with Gasteiger partial charge in [0.05, 0.1) is 31.5 Å². The molecule has 1 heterocycles. The molecule has 1 saturated heterocycles. The summed E-state index contributed by atoms with van der Waals surface area (Å²) >= 11 is 0. The molecule has 3 aliphatic rings. The molecule has 1 unspecified atom stereocenters. The minimum absolute atomic E-state index is 0.0389. The van der Waals surface area contributed by atoms with Gasteiger partial charge in [-0.3, -0.25) is 0 Å². The standard InChI is InChI=1S/C28H48O9/c1-16-8-10-27(4)20(26(2,3)35)9-11-28(27,5)21(31)12-17(13-29)6-7-18(16)15-36-25-24(34)23(33)22(32)19(14-30)37-25/h12,18-25,29-35H,1,6-11,13-15H2,2-5H3/b17-12-/t18-,19+,20-,21-,22+,23-,24+,25?,27-,28+/m0/s1. The van der Waals surface area contributed by atoms with E-state index in [0.29, 0.717) is 25.7 Å². The fourth-order valence-electron chi connectivity index (χ4n) is 6.95. The summed E-state index contributed by atoms with van der Waals surface area (Å²) in [5.41, 5.74) is -0.190. The van der Waals surface area contributed by atoms with Crippen LogP contribution in [-0.2, 0) is 9.47 Å². The van der Waals surface area contributed by atoms with Crippen LogP contribution >= 0.6 is 0 Å². The first-order valence-electron chi connectivity index (χ1n) is 13.5. The third-order valence-electron chi connectivity index (χ3n) is 9.80. The molecule has 0 aromatic rings. The van der Waals surface area contributed by atoms with Crippen molar-refractivity contribution in [2.24, 2.45) is 22.7 Å². The van der Waals surface area contributed by atoms with Gasteiger partial charge in [0.1, 0.15) is 24.4 Å². The molecule has 10 atom stereocenters. The molecule has 2 aliphatic carbocycles. The summed E-state index contributed by atoms with van der Waals surface area (Å²) in [5.74, 6) is -0.211. The van der Waals surface area contributed by atoms with Crippen LogP contribution in [0.25, 0.3) is 0 Å². The first-order valence-corrected chi connectivity index (χ1v) is 13.5. The van der Waals surface area contributed by atoms with Crippen LogP contribution in [0.4, 0.5) is 0 Å². The van der Waals surface area contributed by atoms with E-state index < -0.39 is 59.8 Å². The Kier molecular flexibility index (Phi) is 9.69. The van der Waals surface area contributed by atoms with Crippen LogP contribution in [0.15, 0.2) is 23.8 Å². The fourth-order valence-corrected chi connectivity index (χ4v) is 6.95. The van der Waals surface area contributed by atoms with Gasteiger partial charge in [-0.05, 0) is 69.3 Å². The van der Waals surface area contributed by atoms with Crippen molar-refractivity contribution >= 4 is 0 Å². The minimum atomic E-state index is -1.52. The van der Waals surface area contributed by atoms with Crippen LogP contribution in [-0.4, -0.2) is 98.0 Å². The second-order valence-corrected chi connectivity index (χ2v) is 12.4. The second-order valence-electron chi connectivity index (χ2n) is 12.4. The van der Waals surface area contributed by atoms with Gasteiger partial charge >= 0.3 is 0 Å². The minimum Gasteiger partial charge on any atom is -0.394 e. The Morgan fingerprint density at radius 2 is 1.68 bits per heavy atom. The molecule has 1 aliphatic heterocycles. The van der Waals surface area contributed by atoms with Crippen LogP contribution in [0.3, 0.4) is 0 Å². The third-order valence-corrected chi connectivity index (χ3v) is 9.80. The molecule has 9 heteroatoms. The largest absolute Gasteiger partial charge is 0.394 e. The number of rotatable bonds is 6. The van der Waals surface area contributed by atoms with Gasteiger partial charge in [0.25, 0.3) is 0 Å². The summed E-state index contributed by atoms with van der Waals surface area (Å²) in [5, 5.41) is 72.4. The zero-order chi connectivity index (χ0) is 27.8. The predicted octanol–water partition coefficient (Wildman–Crippen LogP) is 1.02. The average Bonchev–Trinajstić information content (AvgIpc) is 3.12. The monoisotopic (exact) mass is 528 g/mol. The van der Waals surface area contributed by atoms with E-state index >= 15 is 0 Å². The molecule has 9 nitrogen and oxygen atoms in total. The molecular formula is C28H48O9. The summed E-state index contributed by atoms with van der Waals surface area (Å²) < 4.78 is 11.4. The fraction of sp³-hybridized carbons (Fsp3) is 0.857. The van der Waals surface area contributed by atoms with Gasteiger partial charge < -0.3 is 45.2 Å². The molecular weight excluding hydrogens is 480 g/mol. The van der Waals surface area contributed by atoms with Crippen molar-refractivity contribution in [1.29, 1.82) is 0 Å². The third kappa shape index (κ3) is 6.00. The Morgan fingerprint density at radius 3 is 2.27 bits per heavy atom.